The summed E-state index contributed by atoms with van der Waals surface area (Å²) in [6, 6.07) is 19.9. The number of morpholine rings is 1. The first-order valence-corrected chi connectivity index (χ1v) is 9.24. The largest absolute Gasteiger partial charge is 0.378 e. The van der Waals surface area contributed by atoms with Gasteiger partial charge in [0.05, 0.1) is 18.7 Å². The van der Waals surface area contributed by atoms with E-state index in [1.165, 1.54) is 5.69 Å². The van der Waals surface area contributed by atoms with Gasteiger partial charge in [0, 0.05) is 37.8 Å². The van der Waals surface area contributed by atoms with Gasteiger partial charge in [-0.2, -0.15) is 0 Å². The Hall–Kier alpha value is -2.92. The van der Waals surface area contributed by atoms with Crippen molar-refractivity contribution in [2.45, 2.75) is 6.54 Å². The molecular weight excluding hydrogens is 338 g/mol. The lowest BCUT2D eigenvalue weighted by Crippen LogP contribution is -2.37. The topological polar surface area (TPSA) is 45.7 Å². The first kappa shape index (κ1) is 17.5. The number of para-hydroxylation sites is 2. The molecule has 5 heteroatoms. The molecule has 0 aliphatic carbocycles. The van der Waals surface area contributed by atoms with Gasteiger partial charge in [0.1, 0.15) is 5.69 Å². The smallest absolute Gasteiger partial charge is 0.272 e. The Morgan fingerprint density at radius 3 is 2.63 bits per heavy atom. The number of hydrogen-bond acceptors (Lipinski definition) is 4. The molecule has 0 bridgehead atoms. The van der Waals surface area contributed by atoms with Crippen LogP contribution in [0.5, 0.6) is 0 Å². The van der Waals surface area contributed by atoms with Gasteiger partial charge in [0.15, 0.2) is 0 Å². The molecule has 1 aliphatic rings. The second kappa shape index (κ2) is 7.76. The number of benzene rings is 2. The lowest BCUT2D eigenvalue weighted by atomic mass is 10.1. The van der Waals surface area contributed by atoms with E-state index < -0.39 is 0 Å². The molecule has 4 rings (SSSR count). The number of carbonyl (C=O) groups excluding carboxylic acids is 1. The summed E-state index contributed by atoms with van der Waals surface area (Å²) < 4.78 is 5.46. The van der Waals surface area contributed by atoms with Crippen molar-refractivity contribution in [3.63, 3.8) is 0 Å². The van der Waals surface area contributed by atoms with Crippen LogP contribution in [0.15, 0.2) is 60.7 Å². The third kappa shape index (κ3) is 3.78. The van der Waals surface area contributed by atoms with Gasteiger partial charge in [-0.15, -0.1) is 0 Å². The van der Waals surface area contributed by atoms with Crippen LogP contribution >= 0.6 is 0 Å². The zero-order chi connectivity index (χ0) is 18.6. The van der Waals surface area contributed by atoms with Crippen LogP contribution in [0.3, 0.4) is 0 Å². The highest BCUT2D eigenvalue weighted by atomic mass is 16.5. The number of fused-ring (bicyclic) bond motifs is 1. The third-order valence-corrected chi connectivity index (χ3v) is 4.92. The van der Waals surface area contributed by atoms with E-state index >= 15 is 0 Å². The van der Waals surface area contributed by atoms with Gasteiger partial charge in [-0.3, -0.25) is 4.79 Å². The van der Waals surface area contributed by atoms with Crippen LogP contribution in [0.4, 0.5) is 5.69 Å². The zero-order valence-corrected chi connectivity index (χ0v) is 15.5. The summed E-state index contributed by atoms with van der Waals surface area (Å²) in [6.45, 7) is 3.77. The molecule has 0 radical (unpaired) electrons. The molecular formula is C22H23N3O2. The summed E-state index contributed by atoms with van der Waals surface area (Å²) in [7, 11) is 1.83. The maximum absolute atomic E-state index is 12.9. The number of aromatic nitrogens is 1. The Morgan fingerprint density at radius 1 is 1.04 bits per heavy atom. The maximum atomic E-state index is 12.9. The van der Waals surface area contributed by atoms with Crippen LogP contribution in [0.2, 0.25) is 0 Å². The van der Waals surface area contributed by atoms with E-state index in [1.807, 2.05) is 49.5 Å². The molecule has 1 amide bonds. The van der Waals surface area contributed by atoms with Crippen LogP contribution in [0.1, 0.15) is 16.1 Å². The second-order valence-electron chi connectivity index (χ2n) is 6.78. The molecule has 3 aromatic rings. The van der Waals surface area contributed by atoms with Gasteiger partial charge < -0.3 is 14.5 Å². The number of ether oxygens (including phenoxy) is 1. The Morgan fingerprint density at radius 2 is 1.78 bits per heavy atom. The summed E-state index contributed by atoms with van der Waals surface area (Å²) in [5.41, 5.74) is 3.62. The fraction of sp³-hybridized carbons (Fsp3) is 0.273. The molecule has 138 valence electrons. The Balaban J connectivity index is 1.54. The number of rotatable bonds is 4. The lowest BCUT2D eigenvalue weighted by Gasteiger charge is -2.31. The van der Waals surface area contributed by atoms with Gasteiger partial charge in [-0.05, 0) is 23.8 Å². The summed E-state index contributed by atoms with van der Waals surface area (Å²) in [5, 5.41) is 1.04. The summed E-state index contributed by atoms with van der Waals surface area (Å²) in [4.78, 5) is 21.5. The highest BCUT2D eigenvalue weighted by Crippen LogP contribution is 2.23. The highest BCUT2D eigenvalue weighted by Gasteiger charge is 2.18. The number of amides is 1. The SMILES string of the molecule is CN(Cc1ccccc1N1CCOCC1)C(=O)c1ccc2ccccc2n1. The quantitative estimate of drug-likeness (QED) is 0.715. The highest BCUT2D eigenvalue weighted by molar-refractivity contribution is 5.94. The van der Waals surface area contributed by atoms with Crippen molar-refractivity contribution < 1.29 is 9.53 Å². The molecule has 5 nitrogen and oxygen atoms in total. The van der Waals surface area contributed by atoms with Crippen molar-refractivity contribution in [2.75, 3.05) is 38.3 Å². The number of hydrogen-bond donors (Lipinski definition) is 0. The first-order chi connectivity index (χ1) is 13.2. The fourth-order valence-electron chi connectivity index (χ4n) is 3.47. The van der Waals surface area contributed by atoms with Crippen molar-refractivity contribution in [1.29, 1.82) is 0 Å². The zero-order valence-electron chi connectivity index (χ0n) is 15.5. The summed E-state index contributed by atoms with van der Waals surface area (Å²) in [6.07, 6.45) is 0. The molecule has 0 unspecified atom stereocenters. The number of anilines is 1. The molecule has 0 N–H and O–H groups in total. The molecule has 27 heavy (non-hydrogen) atoms. The van der Waals surface area contributed by atoms with E-state index in [4.69, 9.17) is 4.74 Å². The molecule has 1 fully saturated rings. The van der Waals surface area contributed by atoms with E-state index in [-0.39, 0.29) is 5.91 Å². The monoisotopic (exact) mass is 361 g/mol. The molecule has 0 saturated carbocycles. The minimum Gasteiger partial charge on any atom is -0.378 e. The average molecular weight is 361 g/mol. The molecule has 1 aromatic heterocycles. The van der Waals surface area contributed by atoms with E-state index in [0.29, 0.717) is 12.2 Å². The number of carbonyl (C=O) groups is 1. The Kier molecular flexibility index (Phi) is 5.03. The van der Waals surface area contributed by atoms with E-state index in [2.05, 4.69) is 22.0 Å². The molecule has 1 saturated heterocycles. The number of nitrogens with zero attached hydrogens (tertiary/aromatic N) is 3. The van der Waals surface area contributed by atoms with Crippen LogP contribution in [-0.4, -0.2) is 49.1 Å². The normalized spacial score (nSPS) is 14.3. The van der Waals surface area contributed by atoms with Crippen LogP contribution in [0, 0.1) is 0 Å². The van der Waals surface area contributed by atoms with Crippen LogP contribution in [0.25, 0.3) is 10.9 Å². The summed E-state index contributed by atoms with van der Waals surface area (Å²) in [5.74, 6) is -0.0717. The average Bonchev–Trinajstić information content (AvgIpc) is 2.74. The minimum absolute atomic E-state index is 0.0717. The van der Waals surface area contributed by atoms with Crippen molar-refractivity contribution in [3.05, 3.63) is 71.9 Å². The van der Waals surface area contributed by atoms with Gasteiger partial charge >= 0.3 is 0 Å². The van der Waals surface area contributed by atoms with Gasteiger partial charge in [-0.25, -0.2) is 4.98 Å². The molecule has 2 heterocycles. The maximum Gasteiger partial charge on any atom is 0.272 e. The predicted molar refractivity (Wildman–Crippen MR) is 107 cm³/mol. The van der Waals surface area contributed by atoms with Crippen molar-refractivity contribution >= 4 is 22.5 Å². The standard InChI is InChI=1S/C22H23N3O2/c1-24(22(26)20-11-10-17-6-2-4-8-19(17)23-20)16-18-7-3-5-9-21(18)25-12-14-27-15-13-25/h2-11H,12-16H2,1H3. The van der Waals surface area contributed by atoms with Gasteiger partial charge in [0.2, 0.25) is 0 Å². The fourth-order valence-corrected chi connectivity index (χ4v) is 3.47. The number of pyridine rings is 1. The van der Waals surface area contributed by atoms with E-state index in [9.17, 15) is 4.79 Å². The van der Waals surface area contributed by atoms with Crippen LogP contribution in [-0.2, 0) is 11.3 Å². The van der Waals surface area contributed by atoms with Crippen LogP contribution < -0.4 is 4.90 Å². The second-order valence-corrected chi connectivity index (χ2v) is 6.78. The van der Waals surface area contributed by atoms with Crippen molar-refractivity contribution in [1.82, 2.24) is 9.88 Å². The van der Waals surface area contributed by atoms with Gasteiger partial charge in [0.25, 0.3) is 5.91 Å². The Bertz CT molecular complexity index is 951. The van der Waals surface area contributed by atoms with Crippen molar-refractivity contribution in [3.8, 4) is 0 Å². The van der Waals surface area contributed by atoms with Gasteiger partial charge in [-0.1, -0.05) is 42.5 Å². The predicted octanol–water partition coefficient (Wildman–Crippen LogP) is 3.34. The summed E-state index contributed by atoms with van der Waals surface area (Å²) >= 11 is 0. The molecule has 2 aromatic carbocycles. The molecule has 0 atom stereocenters. The first-order valence-electron chi connectivity index (χ1n) is 9.24. The third-order valence-electron chi connectivity index (χ3n) is 4.92. The minimum atomic E-state index is -0.0717. The Labute approximate surface area is 159 Å². The molecule has 1 aliphatic heterocycles. The molecule has 0 spiro atoms. The van der Waals surface area contributed by atoms with E-state index in [1.54, 1.807) is 11.0 Å². The lowest BCUT2D eigenvalue weighted by molar-refractivity contribution is 0.0779. The van der Waals surface area contributed by atoms with Crippen molar-refractivity contribution in [2.24, 2.45) is 0 Å². The van der Waals surface area contributed by atoms with E-state index in [0.717, 1.165) is 42.8 Å².